The number of hydrogen-bond acceptors (Lipinski definition) is 3. The van der Waals surface area contributed by atoms with Crippen molar-refractivity contribution >= 4 is 27.9 Å². The Morgan fingerprint density at radius 3 is 2.70 bits per heavy atom. The molecule has 2 rings (SSSR count). The lowest BCUT2D eigenvalue weighted by Gasteiger charge is -2.10. The van der Waals surface area contributed by atoms with Crippen LogP contribution >= 0.6 is 0 Å². The molecule has 0 spiro atoms. The smallest absolute Gasteiger partial charge is 0.162 e. The monoisotopic (exact) mass is 306 g/mol. The normalized spacial score (nSPS) is 12.5. The van der Waals surface area contributed by atoms with Crippen molar-refractivity contribution in [2.24, 2.45) is 0 Å². The third kappa shape index (κ3) is 3.75. The van der Waals surface area contributed by atoms with Crippen LogP contribution in [0.1, 0.15) is 32.8 Å². The van der Waals surface area contributed by atoms with Crippen molar-refractivity contribution in [3.05, 3.63) is 65.9 Å². The van der Waals surface area contributed by atoms with Crippen molar-refractivity contribution in [2.45, 2.75) is 27.2 Å². The van der Waals surface area contributed by atoms with Crippen molar-refractivity contribution in [1.82, 2.24) is 4.98 Å². The van der Waals surface area contributed by atoms with E-state index in [2.05, 4.69) is 23.7 Å². The maximum absolute atomic E-state index is 11.7. The van der Waals surface area contributed by atoms with Crippen LogP contribution in [0.2, 0.25) is 0 Å². The number of anilines is 1. The quantitative estimate of drug-likeness (QED) is 0.643. The third-order valence-corrected chi connectivity index (χ3v) is 3.84. The summed E-state index contributed by atoms with van der Waals surface area (Å²) in [5, 5.41) is 2.09. The first-order chi connectivity index (χ1) is 11.0. The molecule has 2 aromatic rings. The first kappa shape index (κ1) is 16.7. The van der Waals surface area contributed by atoms with Gasteiger partial charge in [-0.25, -0.2) is 4.98 Å². The summed E-state index contributed by atoms with van der Waals surface area (Å²) < 4.78 is 0. The molecule has 0 radical (unpaired) electrons. The van der Waals surface area contributed by atoms with Crippen molar-refractivity contribution in [2.75, 3.05) is 5.73 Å². The summed E-state index contributed by atoms with van der Waals surface area (Å²) in [7, 11) is 0. The van der Waals surface area contributed by atoms with Gasteiger partial charge in [0.2, 0.25) is 0 Å². The number of allylic oxidation sites excluding steroid dienone is 5. The summed E-state index contributed by atoms with van der Waals surface area (Å²) in [6.45, 7) is 9.68. The number of Topliss-reactive ketones (excluding diaryl/α,β-unsaturated/α-hetero) is 1. The molecular weight excluding hydrogens is 284 g/mol. The van der Waals surface area contributed by atoms with Gasteiger partial charge < -0.3 is 5.73 Å². The highest BCUT2D eigenvalue weighted by Crippen LogP contribution is 2.27. The minimum Gasteiger partial charge on any atom is -0.384 e. The molecule has 23 heavy (non-hydrogen) atoms. The number of hydrogen-bond donors (Lipinski definition) is 1. The van der Waals surface area contributed by atoms with E-state index in [4.69, 9.17) is 5.73 Å². The number of nitrogens with two attached hydrogens (primary N) is 1. The lowest BCUT2D eigenvalue weighted by atomic mass is 9.95. The maximum Gasteiger partial charge on any atom is 0.162 e. The van der Waals surface area contributed by atoms with Gasteiger partial charge in [0.25, 0.3) is 0 Å². The zero-order valence-electron chi connectivity index (χ0n) is 13.9. The number of carbonyl (C=O) groups is 1. The summed E-state index contributed by atoms with van der Waals surface area (Å²) in [4.78, 5) is 15.9. The largest absolute Gasteiger partial charge is 0.384 e. The number of aromatic nitrogens is 1. The molecule has 0 unspecified atom stereocenters. The third-order valence-electron chi connectivity index (χ3n) is 3.84. The molecule has 0 aliphatic rings. The van der Waals surface area contributed by atoms with Crippen molar-refractivity contribution < 1.29 is 4.79 Å². The van der Waals surface area contributed by atoms with Gasteiger partial charge in [-0.3, -0.25) is 4.79 Å². The van der Waals surface area contributed by atoms with E-state index in [1.807, 2.05) is 45.1 Å². The van der Waals surface area contributed by atoms with Gasteiger partial charge in [-0.05, 0) is 54.2 Å². The molecule has 0 saturated heterocycles. The Morgan fingerprint density at radius 1 is 1.30 bits per heavy atom. The molecule has 0 saturated carbocycles. The molecule has 2 N–H and O–H groups in total. The van der Waals surface area contributed by atoms with Crippen molar-refractivity contribution in [3.8, 4) is 0 Å². The van der Waals surface area contributed by atoms with E-state index in [0.717, 1.165) is 27.5 Å². The Kier molecular flexibility index (Phi) is 5.12. The second-order valence-corrected chi connectivity index (χ2v) is 5.50. The van der Waals surface area contributed by atoms with Gasteiger partial charge in [-0.1, -0.05) is 31.7 Å². The van der Waals surface area contributed by atoms with Crippen LogP contribution in [0.15, 0.2) is 60.3 Å². The number of benzene rings is 1. The zero-order valence-corrected chi connectivity index (χ0v) is 13.9. The molecule has 1 aromatic carbocycles. The lowest BCUT2D eigenvalue weighted by Crippen LogP contribution is -1.97. The number of pyridine rings is 1. The summed E-state index contributed by atoms with van der Waals surface area (Å²) in [6.07, 6.45) is 6.14. The van der Waals surface area contributed by atoms with E-state index in [0.29, 0.717) is 17.8 Å². The Bertz CT molecular complexity index is 829. The topological polar surface area (TPSA) is 56.0 Å². The second-order valence-electron chi connectivity index (χ2n) is 5.50. The second kappa shape index (κ2) is 7.05. The van der Waals surface area contributed by atoms with E-state index in [9.17, 15) is 4.79 Å². The SMILES string of the molecule is C=C(/C=C(C)\C(=C/C)c1ccc2cc(N)ncc2c1)C(=O)CC. The molecule has 118 valence electrons. The molecule has 1 heterocycles. The van der Waals surface area contributed by atoms with E-state index >= 15 is 0 Å². The van der Waals surface area contributed by atoms with Crippen LogP contribution in [0.3, 0.4) is 0 Å². The summed E-state index contributed by atoms with van der Waals surface area (Å²) in [5.74, 6) is 0.583. The summed E-state index contributed by atoms with van der Waals surface area (Å²) in [5.41, 5.74) is 9.43. The Balaban J connectivity index is 2.41. The molecular formula is C20H22N2O. The fraction of sp³-hybridized carbons (Fsp3) is 0.200. The molecule has 0 aliphatic heterocycles. The van der Waals surface area contributed by atoms with Gasteiger partial charge in [-0.15, -0.1) is 0 Å². The minimum absolute atomic E-state index is 0.0676. The van der Waals surface area contributed by atoms with Crippen LogP contribution in [0.5, 0.6) is 0 Å². The van der Waals surface area contributed by atoms with Gasteiger partial charge in [0.1, 0.15) is 5.82 Å². The van der Waals surface area contributed by atoms with E-state index in [1.165, 1.54) is 0 Å². The predicted octanol–water partition coefficient (Wildman–Crippen LogP) is 4.70. The van der Waals surface area contributed by atoms with Crippen LogP contribution in [-0.2, 0) is 4.79 Å². The van der Waals surface area contributed by atoms with Gasteiger partial charge in [0, 0.05) is 23.6 Å². The van der Waals surface area contributed by atoms with Crippen LogP contribution in [0.25, 0.3) is 16.3 Å². The predicted molar refractivity (Wildman–Crippen MR) is 98.0 cm³/mol. The first-order valence-corrected chi connectivity index (χ1v) is 7.69. The van der Waals surface area contributed by atoms with Gasteiger partial charge >= 0.3 is 0 Å². The summed E-state index contributed by atoms with van der Waals surface area (Å²) >= 11 is 0. The molecule has 0 atom stereocenters. The zero-order chi connectivity index (χ0) is 17.0. The standard InChI is InChI=1S/C20H22N2O/c1-5-18(13(3)9-14(4)19(23)6-2)16-8-7-15-11-20(21)22-12-17(15)10-16/h5,7-12H,4,6H2,1-3H3,(H2,21,22)/b13-9-,18-5+. The Hall–Kier alpha value is -2.68. The van der Waals surface area contributed by atoms with Crippen molar-refractivity contribution in [1.29, 1.82) is 0 Å². The minimum atomic E-state index is 0.0676. The molecule has 3 nitrogen and oxygen atoms in total. The number of rotatable bonds is 5. The lowest BCUT2D eigenvalue weighted by molar-refractivity contribution is -0.114. The highest BCUT2D eigenvalue weighted by molar-refractivity contribution is 5.98. The highest BCUT2D eigenvalue weighted by Gasteiger charge is 2.08. The fourth-order valence-electron chi connectivity index (χ4n) is 2.59. The van der Waals surface area contributed by atoms with E-state index in [-0.39, 0.29) is 5.78 Å². The van der Waals surface area contributed by atoms with E-state index in [1.54, 1.807) is 6.20 Å². The first-order valence-electron chi connectivity index (χ1n) is 7.69. The van der Waals surface area contributed by atoms with Crippen LogP contribution in [-0.4, -0.2) is 10.8 Å². The molecule has 0 amide bonds. The Labute approximate surface area is 137 Å². The fourth-order valence-corrected chi connectivity index (χ4v) is 2.59. The van der Waals surface area contributed by atoms with Crippen LogP contribution in [0.4, 0.5) is 5.82 Å². The highest BCUT2D eigenvalue weighted by atomic mass is 16.1. The average molecular weight is 306 g/mol. The average Bonchev–Trinajstić information content (AvgIpc) is 2.54. The number of ketones is 1. The number of fused-ring (bicyclic) bond motifs is 1. The molecule has 0 fully saturated rings. The molecule has 3 heteroatoms. The molecule has 1 aromatic heterocycles. The number of nitrogen functional groups attached to an aromatic ring is 1. The summed E-state index contributed by atoms with van der Waals surface area (Å²) in [6, 6.07) is 8.03. The van der Waals surface area contributed by atoms with Gasteiger partial charge in [-0.2, -0.15) is 0 Å². The molecule has 0 aliphatic carbocycles. The number of carbonyl (C=O) groups excluding carboxylic acids is 1. The van der Waals surface area contributed by atoms with Crippen LogP contribution < -0.4 is 5.73 Å². The maximum atomic E-state index is 11.7. The van der Waals surface area contributed by atoms with Gasteiger partial charge in [0.05, 0.1) is 0 Å². The van der Waals surface area contributed by atoms with E-state index < -0.39 is 0 Å². The molecule has 0 bridgehead atoms. The van der Waals surface area contributed by atoms with Crippen LogP contribution in [0, 0.1) is 0 Å². The Morgan fingerprint density at radius 2 is 2.04 bits per heavy atom. The number of nitrogens with zero attached hydrogens (tertiary/aromatic N) is 1. The van der Waals surface area contributed by atoms with Gasteiger partial charge in [0.15, 0.2) is 5.78 Å². The van der Waals surface area contributed by atoms with Crippen molar-refractivity contribution in [3.63, 3.8) is 0 Å².